The van der Waals surface area contributed by atoms with Crippen LogP contribution in [0.15, 0.2) is 30.9 Å². The zero-order valence-corrected chi connectivity index (χ0v) is 10.7. The van der Waals surface area contributed by atoms with Crippen LogP contribution in [-0.4, -0.2) is 13.2 Å². The highest BCUT2D eigenvalue weighted by Gasteiger charge is 2.26. The van der Waals surface area contributed by atoms with Crippen LogP contribution in [0.2, 0.25) is 0 Å². The molecule has 1 aliphatic heterocycles. The van der Waals surface area contributed by atoms with E-state index in [1.807, 2.05) is 6.07 Å². The SMILES string of the molecule is C=C[C@@H](CCC)[C@@H]1Cc2cc(OC)ccc2N1. The fraction of sp³-hybridized carbons (Fsp3) is 0.467. The smallest absolute Gasteiger partial charge is 0.119 e. The summed E-state index contributed by atoms with van der Waals surface area (Å²) in [6.07, 6.45) is 5.56. The largest absolute Gasteiger partial charge is 0.497 e. The van der Waals surface area contributed by atoms with Gasteiger partial charge >= 0.3 is 0 Å². The Bertz CT molecular complexity index is 400. The molecule has 92 valence electrons. The van der Waals surface area contributed by atoms with Crippen LogP contribution >= 0.6 is 0 Å². The lowest BCUT2D eigenvalue weighted by Crippen LogP contribution is -2.25. The standard InChI is InChI=1S/C15H21NO/c1-4-6-11(5-2)15-10-12-9-13(17-3)7-8-14(12)16-15/h5,7-9,11,15-16H,2,4,6,10H2,1,3H3/t11-,15-/m0/s1. The van der Waals surface area contributed by atoms with E-state index in [1.54, 1.807) is 7.11 Å². The number of hydrogen-bond donors (Lipinski definition) is 1. The van der Waals surface area contributed by atoms with Gasteiger partial charge in [-0.3, -0.25) is 0 Å². The summed E-state index contributed by atoms with van der Waals surface area (Å²) < 4.78 is 5.26. The topological polar surface area (TPSA) is 21.3 Å². The van der Waals surface area contributed by atoms with Crippen molar-refractivity contribution in [2.24, 2.45) is 5.92 Å². The van der Waals surface area contributed by atoms with Gasteiger partial charge in [0.25, 0.3) is 0 Å². The Morgan fingerprint density at radius 3 is 3.06 bits per heavy atom. The average Bonchev–Trinajstić information content (AvgIpc) is 2.78. The van der Waals surface area contributed by atoms with Crippen molar-refractivity contribution in [1.82, 2.24) is 0 Å². The minimum atomic E-state index is 0.495. The Hall–Kier alpha value is -1.44. The van der Waals surface area contributed by atoms with Crippen LogP contribution in [0, 0.1) is 5.92 Å². The van der Waals surface area contributed by atoms with Crippen LogP contribution in [-0.2, 0) is 6.42 Å². The van der Waals surface area contributed by atoms with E-state index in [1.165, 1.54) is 24.1 Å². The second kappa shape index (κ2) is 5.26. The van der Waals surface area contributed by atoms with Crippen molar-refractivity contribution in [3.63, 3.8) is 0 Å². The fourth-order valence-corrected chi connectivity index (χ4v) is 2.57. The fourth-order valence-electron chi connectivity index (χ4n) is 2.57. The van der Waals surface area contributed by atoms with Gasteiger partial charge in [-0.25, -0.2) is 0 Å². The van der Waals surface area contributed by atoms with Gasteiger partial charge in [0.15, 0.2) is 0 Å². The maximum Gasteiger partial charge on any atom is 0.119 e. The summed E-state index contributed by atoms with van der Waals surface area (Å²) in [6.45, 7) is 6.18. The second-order valence-corrected chi connectivity index (χ2v) is 4.67. The molecule has 0 aliphatic carbocycles. The van der Waals surface area contributed by atoms with Gasteiger partial charge < -0.3 is 10.1 Å². The molecule has 1 heterocycles. The van der Waals surface area contributed by atoms with E-state index >= 15 is 0 Å². The van der Waals surface area contributed by atoms with E-state index in [-0.39, 0.29) is 0 Å². The number of anilines is 1. The lowest BCUT2D eigenvalue weighted by atomic mass is 9.93. The number of nitrogens with one attached hydrogen (secondary N) is 1. The average molecular weight is 231 g/mol. The highest BCUT2D eigenvalue weighted by Crippen LogP contribution is 2.33. The van der Waals surface area contributed by atoms with Crippen molar-refractivity contribution in [1.29, 1.82) is 0 Å². The van der Waals surface area contributed by atoms with Crippen molar-refractivity contribution >= 4 is 5.69 Å². The maximum absolute atomic E-state index is 5.26. The Kier molecular flexibility index (Phi) is 3.72. The van der Waals surface area contributed by atoms with Crippen molar-refractivity contribution < 1.29 is 4.74 Å². The van der Waals surface area contributed by atoms with E-state index in [2.05, 4.69) is 37.0 Å². The third-order valence-electron chi connectivity index (χ3n) is 3.53. The van der Waals surface area contributed by atoms with Crippen LogP contribution in [0.5, 0.6) is 5.75 Å². The lowest BCUT2D eigenvalue weighted by molar-refractivity contribution is 0.414. The van der Waals surface area contributed by atoms with E-state index in [0.717, 1.165) is 12.2 Å². The number of rotatable bonds is 5. The molecule has 1 N–H and O–H groups in total. The minimum Gasteiger partial charge on any atom is -0.497 e. The molecule has 0 unspecified atom stereocenters. The molecule has 2 rings (SSSR count). The monoisotopic (exact) mass is 231 g/mol. The predicted molar refractivity (Wildman–Crippen MR) is 72.7 cm³/mol. The second-order valence-electron chi connectivity index (χ2n) is 4.67. The molecule has 1 aromatic carbocycles. The first-order chi connectivity index (χ1) is 8.28. The van der Waals surface area contributed by atoms with Crippen molar-refractivity contribution in [2.75, 3.05) is 12.4 Å². The van der Waals surface area contributed by atoms with Crippen molar-refractivity contribution in [3.8, 4) is 5.75 Å². The van der Waals surface area contributed by atoms with Crippen molar-refractivity contribution in [3.05, 3.63) is 36.4 Å². The molecule has 0 bridgehead atoms. The first-order valence-corrected chi connectivity index (χ1v) is 6.34. The van der Waals surface area contributed by atoms with Gasteiger partial charge in [-0.05, 0) is 42.5 Å². The van der Waals surface area contributed by atoms with Gasteiger partial charge in [0.2, 0.25) is 0 Å². The highest BCUT2D eigenvalue weighted by atomic mass is 16.5. The molecular weight excluding hydrogens is 210 g/mol. The van der Waals surface area contributed by atoms with Gasteiger partial charge in [-0.15, -0.1) is 6.58 Å². The maximum atomic E-state index is 5.26. The Morgan fingerprint density at radius 2 is 2.41 bits per heavy atom. The lowest BCUT2D eigenvalue weighted by Gasteiger charge is -2.20. The molecule has 2 nitrogen and oxygen atoms in total. The Morgan fingerprint density at radius 1 is 1.59 bits per heavy atom. The molecule has 0 fully saturated rings. The van der Waals surface area contributed by atoms with E-state index in [9.17, 15) is 0 Å². The molecule has 0 radical (unpaired) electrons. The summed E-state index contributed by atoms with van der Waals surface area (Å²) in [4.78, 5) is 0. The van der Waals surface area contributed by atoms with Gasteiger partial charge in [-0.2, -0.15) is 0 Å². The van der Waals surface area contributed by atoms with Gasteiger partial charge in [0.05, 0.1) is 7.11 Å². The Balaban J connectivity index is 2.12. The molecule has 0 saturated carbocycles. The summed E-state index contributed by atoms with van der Waals surface area (Å²) in [5, 5.41) is 3.59. The first-order valence-electron chi connectivity index (χ1n) is 6.34. The summed E-state index contributed by atoms with van der Waals surface area (Å²) in [6, 6.07) is 6.75. The molecule has 0 amide bonds. The number of benzene rings is 1. The number of methoxy groups -OCH3 is 1. The van der Waals surface area contributed by atoms with Crippen LogP contribution in [0.4, 0.5) is 5.69 Å². The molecule has 0 saturated heterocycles. The zero-order valence-electron chi connectivity index (χ0n) is 10.7. The third kappa shape index (κ3) is 2.46. The van der Waals surface area contributed by atoms with Gasteiger partial charge in [-0.1, -0.05) is 19.4 Å². The quantitative estimate of drug-likeness (QED) is 0.781. The van der Waals surface area contributed by atoms with Crippen molar-refractivity contribution in [2.45, 2.75) is 32.2 Å². The number of ether oxygens (including phenoxy) is 1. The highest BCUT2D eigenvalue weighted by molar-refractivity contribution is 5.59. The number of hydrogen-bond acceptors (Lipinski definition) is 2. The van der Waals surface area contributed by atoms with Crippen LogP contribution in [0.3, 0.4) is 0 Å². The molecule has 17 heavy (non-hydrogen) atoms. The van der Waals surface area contributed by atoms with Gasteiger partial charge in [0, 0.05) is 11.7 Å². The third-order valence-corrected chi connectivity index (χ3v) is 3.53. The van der Waals surface area contributed by atoms with E-state index in [0.29, 0.717) is 12.0 Å². The molecule has 2 heteroatoms. The van der Waals surface area contributed by atoms with E-state index < -0.39 is 0 Å². The first kappa shape index (κ1) is 12.0. The van der Waals surface area contributed by atoms with Crippen LogP contribution < -0.4 is 10.1 Å². The molecule has 1 aromatic rings. The zero-order chi connectivity index (χ0) is 12.3. The molecule has 0 aromatic heterocycles. The van der Waals surface area contributed by atoms with Crippen LogP contribution in [0.25, 0.3) is 0 Å². The van der Waals surface area contributed by atoms with Gasteiger partial charge in [0.1, 0.15) is 5.75 Å². The molecule has 0 spiro atoms. The molecular formula is C15H21NO. The summed E-state index contributed by atoms with van der Waals surface area (Å²) in [5.41, 5.74) is 2.61. The summed E-state index contributed by atoms with van der Waals surface area (Å²) in [7, 11) is 1.71. The van der Waals surface area contributed by atoms with E-state index in [4.69, 9.17) is 4.74 Å². The Labute approximate surface area is 104 Å². The molecule has 2 atom stereocenters. The predicted octanol–water partition coefficient (Wildman–Crippen LogP) is 3.63. The summed E-state index contributed by atoms with van der Waals surface area (Å²) in [5.74, 6) is 1.50. The number of fused-ring (bicyclic) bond motifs is 1. The minimum absolute atomic E-state index is 0.495. The normalized spacial score (nSPS) is 19.3. The summed E-state index contributed by atoms with van der Waals surface area (Å²) >= 11 is 0. The van der Waals surface area contributed by atoms with Crippen LogP contribution in [0.1, 0.15) is 25.3 Å². The molecule has 1 aliphatic rings.